The predicted molar refractivity (Wildman–Crippen MR) is 95.8 cm³/mol. The average molecular weight is 330 g/mol. The molecule has 2 rings (SSSR count). The van der Waals surface area contributed by atoms with Crippen LogP contribution in [-0.2, 0) is 4.74 Å². The summed E-state index contributed by atoms with van der Waals surface area (Å²) in [4.78, 5) is 22.3. The molecule has 130 valence electrons. The fourth-order valence-electron chi connectivity index (χ4n) is 2.97. The lowest BCUT2D eigenvalue weighted by molar-refractivity contribution is 0.0488. The fourth-order valence-corrected chi connectivity index (χ4v) is 2.97. The molecule has 1 heterocycles. The fraction of sp³-hybridized carbons (Fsp3) is 0.706. The van der Waals surface area contributed by atoms with E-state index < -0.39 is 5.60 Å². The summed E-state index contributed by atoms with van der Waals surface area (Å²) in [5.74, 6) is 1.42. The van der Waals surface area contributed by atoms with Crippen LogP contribution >= 0.6 is 0 Å². The number of hydrogen-bond acceptors (Lipinski definition) is 5. The molecule has 0 aromatic carbocycles. The summed E-state index contributed by atoms with van der Waals surface area (Å²) in [6.45, 7) is 6.55. The van der Waals surface area contributed by atoms with Crippen molar-refractivity contribution in [1.29, 1.82) is 0 Å². The number of anilines is 1. The van der Waals surface area contributed by atoms with Crippen LogP contribution in [0.1, 0.15) is 46.5 Å². The van der Waals surface area contributed by atoms with Gasteiger partial charge in [-0.25, -0.2) is 9.78 Å². The number of alkyl carbamates (subject to hydrolysis) is 1. The second-order valence-electron chi connectivity index (χ2n) is 7.54. The van der Waals surface area contributed by atoms with Crippen LogP contribution in [0.5, 0.6) is 0 Å². The second-order valence-corrected chi connectivity index (χ2v) is 7.54. The number of nitrogens with one attached hydrogen (secondary N) is 1. The molecule has 0 saturated heterocycles. The van der Waals surface area contributed by atoms with E-state index in [9.17, 15) is 4.79 Å². The highest BCUT2D eigenvalue weighted by Crippen LogP contribution is 2.26. The number of aromatic nitrogens is 2. The Morgan fingerprint density at radius 3 is 2.50 bits per heavy atom. The first-order valence-corrected chi connectivity index (χ1v) is 8.51. The largest absolute Gasteiger partial charge is 0.444 e. The molecule has 1 saturated carbocycles. The van der Waals surface area contributed by atoms with Crippen LogP contribution in [0.25, 0.3) is 0 Å². The Morgan fingerprint density at radius 2 is 1.96 bits per heavy atom. The number of rotatable bonds is 4. The van der Waals surface area contributed by atoms with Gasteiger partial charge in [0.2, 0.25) is 0 Å². The molecule has 1 aromatic heterocycles. The van der Waals surface area contributed by atoms with Crippen molar-refractivity contribution in [1.82, 2.24) is 15.3 Å². The zero-order valence-electron chi connectivity index (χ0n) is 15.1. The minimum atomic E-state index is -0.454. The molecule has 1 N–H and O–H groups in total. The van der Waals surface area contributed by atoms with Crippen LogP contribution in [0.15, 0.2) is 12.4 Å². The molecular weight excluding hydrogens is 303 g/mol. The molecule has 1 aliphatic carbocycles. The summed E-state index contributed by atoms with van der Waals surface area (Å²) in [7, 11) is 7.59. The molecule has 24 heavy (non-hydrogen) atoms. The quantitative estimate of drug-likeness (QED) is 0.853. The van der Waals surface area contributed by atoms with E-state index in [1.54, 1.807) is 12.4 Å². The molecule has 7 heteroatoms. The van der Waals surface area contributed by atoms with Gasteiger partial charge in [0.05, 0.1) is 6.20 Å². The van der Waals surface area contributed by atoms with Gasteiger partial charge in [-0.3, -0.25) is 4.98 Å². The zero-order chi connectivity index (χ0) is 17.7. The Bertz CT molecular complexity index is 537. The second kappa shape index (κ2) is 7.86. The van der Waals surface area contributed by atoms with E-state index in [1.807, 2.05) is 27.8 Å². The van der Waals surface area contributed by atoms with Gasteiger partial charge in [0, 0.05) is 31.4 Å². The molecule has 0 spiro atoms. The zero-order valence-corrected chi connectivity index (χ0v) is 15.1. The maximum atomic E-state index is 11.8. The maximum absolute atomic E-state index is 11.8. The van der Waals surface area contributed by atoms with Gasteiger partial charge in [0.1, 0.15) is 19.3 Å². The van der Waals surface area contributed by atoms with Crippen molar-refractivity contribution in [2.45, 2.75) is 58.1 Å². The van der Waals surface area contributed by atoms with Crippen molar-refractivity contribution in [3.05, 3.63) is 12.4 Å². The van der Waals surface area contributed by atoms with E-state index in [-0.39, 0.29) is 12.1 Å². The number of carbonyl (C=O) groups is 1. The first-order chi connectivity index (χ1) is 11.2. The van der Waals surface area contributed by atoms with Crippen molar-refractivity contribution in [3.8, 4) is 0 Å². The summed E-state index contributed by atoms with van der Waals surface area (Å²) in [5, 5.41) is 2.98. The summed E-state index contributed by atoms with van der Waals surface area (Å²) < 4.78 is 5.32. The molecule has 0 atom stereocenters. The Hall–Kier alpha value is -1.79. The van der Waals surface area contributed by atoms with E-state index in [2.05, 4.69) is 20.2 Å². The first-order valence-electron chi connectivity index (χ1n) is 8.51. The summed E-state index contributed by atoms with van der Waals surface area (Å²) in [5.41, 5.74) is -0.0229. The maximum Gasteiger partial charge on any atom is 0.407 e. The highest BCUT2D eigenvalue weighted by atomic mass is 16.6. The van der Waals surface area contributed by atoms with Gasteiger partial charge in [-0.05, 0) is 52.4 Å². The molecule has 0 bridgehead atoms. The van der Waals surface area contributed by atoms with Crippen LogP contribution in [0.4, 0.5) is 10.6 Å². The first kappa shape index (κ1) is 18.6. The Balaban J connectivity index is 1.74. The Morgan fingerprint density at radius 1 is 1.29 bits per heavy atom. The van der Waals surface area contributed by atoms with Crippen LogP contribution < -0.4 is 15.8 Å². The molecule has 0 unspecified atom stereocenters. The van der Waals surface area contributed by atoms with Crippen LogP contribution in [-0.4, -0.2) is 49.1 Å². The predicted octanol–water partition coefficient (Wildman–Crippen LogP) is 1.79. The molecule has 1 aromatic rings. The Labute approximate surface area is 145 Å². The van der Waals surface area contributed by atoms with E-state index in [4.69, 9.17) is 12.6 Å². The number of ether oxygens (including phenoxy) is 1. The molecule has 1 fully saturated rings. The smallest absolute Gasteiger partial charge is 0.407 e. The standard InChI is InChI=1S/C17H27BN4O2/c1-17(2,3)24-16(23)21-13-7-5-12(6-8-13)11-22(4)15-10-19-14(18)9-20-15/h9-10,12-13H,5-8,11H2,1-4H3,(H,21,23). The summed E-state index contributed by atoms with van der Waals surface area (Å²) in [6, 6.07) is 0.206. The number of hydrogen-bond donors (Lipinski definition) is 1. The molecule has 6 nitrogen and oxygen atoms in total. The lowest BCUT2D eigenvalue weighted by atomic mass is 9.86. The number of nitrogens with zero attached hydrogens (tertiary/aromatic N) is 3. The van der Waals surface area contributed by atoms with Crippen molar-refractivity contribution in [2.24, 2.45) is 5.92 Å². The SMILES string of the molecule is [B]c1cnc(N(C)CC2CCC(NC(=O)OC(C)(C)C)CC2)cn1. The average Bonchev–Trinajstić information content (AvgIpc) is 2.48. The van der Waals surface area contributed by atoms with E-state index in [1.165, 1.54) is 0 Å². The third-order valence-corrected chi connectivity index (χ3v) is 4.15. The highest BCUT2D eigenvalue weighted by Gasteiger charge is 2.25. The van der Waals surface area contributed by atoms with Crippen molar-refractivity contribution in [3.63, 3.8) is 0 Å². The van der Waals surface area contributed by atoms with Crippen molar-refractivity contribution < 1.29 is 9.53 Å². The molecule has 1 aliphatic rings. The number of amides is 1. The Kier molecular flexibility index (Phi) is 6.07. The normalized spacial score (nSPS) is 21.2. The van der Waals surface area contributed by atoms with Gasteiger partial charge in [-0.1, -0.05) is 0 Å². The third-order valence-electron chi connectivity index (χ3n) is 4.15. The van der Waals surface area contributed by atoms with Gasteiger partial charge in [-0.2, -0.15) is 0 Å². The van der Waals surface area contributed by atoms with E-state index in [0.29, 0.717) is 11.5 Å². The van der Waals surface area contributed by atoms with E-state index >= 15 is 0 Å². The summed E-state index contributed by atoms with van der Waals surface area (Å²) in [6.07, 6.45) is 7.06. The van der Waals surface area contributed by atoms with Crippen molar-refractivity contribution in [2.75, 3.05) is 18.5 Å². The minimum absolute atomic E-state index is 0.206. The van der Waals surface area contributed by atoms with Gasteiger partial charge >= 0.3 is 6.09 Å². The van der Waals surface area contributed by atoms with E-state index in [0.717, 1.165) is 38.0 Å². The third kappa shape index (κ3) is 6.02. The number of carbonyl (C=O) groups excluding carboxylic acids is 1. The van der Waals surface area contributed by atoms with Crippen LogP contribution in [0.2, 0.25) is 0 Å². The molecular formula is C17H27BN4O2. The topological polar surface area (TPSA) is 67.4 Å². The highest BCUT2D eigenvalue weighted by molar-refractivity contribution is 6.30. The minimum Gasteiger partial charge on any atom is -0.444 e. The summed E-state index contributed by atoms with van der Waals surface area (Å²) >= 11 is 0. The molecule has 2 radical (unpaired) electrons. The lowest BCUT2D eigenvalue weighted by Gasteiger charge is -2.32. The van der Waals surface area contributed by atoms with Gasteiger partial charge in [-0.15, -0.1) is 0 Å². The van der Waals surface area contributed by atoms with Crippen LogP contribution in [0.3, 0.4) is 0 Å². The van der Waals surface area contributed by atoms with Gasteiger partial charge in [0.25, 0.3) is 0 Å². The molecule has 1 amide bonds. The van der Waals surface area contributed by atoms with Gasteiger partial charge in [0.15, 0.2) is 0 Å². The van der Waals surface area contributed by atoms with Crippen LogP contribution in [0, 0.1) is 5.92 Å². The monoisotopic (exact) mass is 330 g/mol. The van der Waals surface area contributed by atoms with Gasteiger partial charge < -0.3 is 15.0 Å². The molecule has 0 aliphatic heterocycles. The lowest BCUT2D eigenvalue weighted by Crippen LogP contribution is -2.42. The van der Waals surface area contributed by atoms with Crippen molar-refractivity contribution >= 4 is 25.4 Å².